The van der Waals surface area contributed by atoms with Gasteiger partial charge in [-0.25, -0.2) is 0 Å². The Hall–Kier alpha value is -2.24. The van der Waals surface area contributed by atoms with E-state index < -0.39 is 5.97 Å². The number of carboxylic acid groups (broad SMARTS) is 1. The maximum absolute atomic E-state index is 11.7. The highest BCUT2D eigenvalue weighted by atomic mass is 16.7. The molecule has 0 spiro atoms. The van der Waals surface area contributed by atoms with Crippen LogP contribution in [0.1, 0.15) is 25.3 Å². The van der Waals surface area contributed by atoms with Crippen molar-refractivity contribution in [2.75, 3.05) is 13.3 Å². The fraction of sp³-hybridized carbons (Fsp3) is 0.467. The molecule has 2 N–H and O–H groups in total. The van der Waals surface area contributed by atoms with Gasteiger partial charge in [0.2, 0.25) is 12.7 Å². The van der Waals surface area contributed by atoms with Crippen molar-refractivity contribution >= 4 is 11.9 Å². The minimum absolute atomic E-state index is 0.0580. The van der Waals surface area contributed by atoms with Gasteiger partial charge < -0.3 is 19.9 Å². The fourth-order valence-electron chi connectivity index (χ4n) is 2.10. The van der Waals surface area contributed by atoms with Gasteiger partial charge in [0, 0.05) is 19.4 Å². The Labute approximate surface area is 123 Å². The molecule has 1 atom stereocenters. The zero-order valence-corrected chi connectivity index (χ0v) is 11.9. The van der Waals surface area contributed by atoms with Crippen molar-refractivity contribution in [1.82, 2.24) is 5.32 Å². The number of aryl methyl sites for hydroxylation is 1. The highest BCUT2D eigenvalue weighted by Gasteiger charge is 2.14. The fourth-order valence-corrected chi connectivity index (χ4v) is 2.10. The van der Waals surface area contributed by atoms with Gasteiger partial charge in [-0.05, 0) is 30.0 Å². The first-order valence-corrected chi connectivity index (χ1v) is 6.91. The lowest BCUT2D eigenvalue weighted by molar-refractivity contribution is -0.138. The molecule has 0 radical (unpaired) electrons. The van der Waals surface area contributed by atoms with Crippen molar-refractivity contribution in [3.05, 3.63) is 23.8 Å². The van der Waals surface area contributed by atoms with Gasteiger partial charge in [-0.3, -0.25) is 9.59 Å². The second-order valence-corrected chi connectivity index (χ2v) is 5.19. The van der Waals surface area contributed by atoms with E-state index in [2.05, 4.69) is 5.32 Å². The number of aliphatic carboxylic acids is 1. The second-order valence-electron chi connectivity index (χ2n) is 5.19. The van der Waals surface area contributed by atoms with Gasteiger partial charge in [0.1, 0.15) is 0 Å². The summed E-state index contributed by atoms with van der Waals surface area (Å²) in [6.07, 6.45) is 1.03. The zero-order valence-electron chi connectivity index (χ0n) is 11.9. The molecule has 1 aromatic carbocycles. The van der Waals surface area contributed by atoms with Gasteiger partial charge >= 0.3 is 5.97 Å². The number of carbonyl (C=O) groups excluding carboxylic acids is 1. The highest BCUT2D eigenvalue weighted by molar-refractivity contribution is 5.76. The van der Waals surface area contributed by atoms with Gasteiger partial charge in [-0.15, -0.1) is 0 Å². The Kier molecular flexibility index (Phi) is 5.03. The van der Waals surface area contributed by atoms with Crippen LogP contribution in [0, 0.1) is 5.92 Å². The van der Waals surface area contributed by atoms with Crippen LogP contribution in [-0.4, -0.2) is 30.3 Å². The van der Waals surface area contributed by atoms with Crippen LogP contribution in [-0.2, 0) is 16.0 Å². The third kappa shape index (κ3) is 4.66. The summed E-state index contributed by atoms with van der Waals surface area (Å²) >= 11 is 0. The predicted octanol–water partition coefficient (Wildman–Crippen LogP) is 1.57. The number of hydrogen-bond acceptors (Lipinski definition) is 4. The van der Waals surface area contributed by atoms with E-state index in [9.17, 15) is 9.59 Å². The first-order chi connectivity index (χ1) is 10.0. The smallest absolute Gasteiger partial charge is 0.303 e. The van der Waals surface area contributed by atoms with Crippen LogP contribution in [0.15, 0.2) is 18.2 Å². The average molecular weight is 293 g/mol. The maximum atomic E-state index is 11.7. The summed E-state index contributed by atoms with van der Waals surface area (Å²) in [6.45, 7) is 2.42. The molecule has 21 heavy (non-hydrogen) atoms. The standard InChI is InChI=1S/C15H19NO5/c1-10(6-15(18)19)8-16-14(17)5-3-11-2-4-12-13(7-11)21-9-20-12/h2,4,7,10H,3,5-6,8-9H2,1H3,(H,16,17)(H,18,19). The van der Waals surface area contributed by atoms with E-state index in [1.165, 1.54) is 0 Å². The number of ether oxygens (including phenoxy) is 2. The largest absolute Gasteiger partial charge is 0.481 e. The predicted molar refractivity (Wildman–Crippen MR) is 75.3 cm³/mol. The van der Waals surface area contributed by atoms with Crippen molar-refractivity contribution in [2.24, 2.45) is 5.92 Å². The molecule has 0 fully saturated rings. The molecule has 0 bridgehead atoms. The van der Waals surface area contributed by atoms with Crippen molar-refractivity contribution in [3.63, 3.8) is 0 Å². The summed E-state index contributed by atoms with van der Waals surface area (Å²) in [4.78, 5) is 22.2. The van der Waals surface area contributed by atoms with Crippen LogP contribution < -0.4 is 14.8 Å². The van der Waals surface area contributed by atoms with Crippen LogP contribution in [0.3, 0.4) is 0 Å². The molecule has 1 unspecified atom stereocenters. The Morgan fingerprint density at radius 3 is 2.86 bits per heavy atom. The number of benzene rings is 1. The summed E-state index contributed by atoms with van der Waals surface area (Å²) < 4.78 is 10.5. The normalized spacial score (nSPS) is 13.8. The zero-order chi connectivity index (χ0) is 15.2. The number of nitrogens with one attached hydrogen (secondary N) is 1. The van der Waals surface area contributed by atoms with Gasteiger partial charge in [0.25, 0.3) is 0 Å². The van der Waals surface area contributed by atoms with Gasteiger partial charge in [0.15, 0.2) is 11.5 Å². The molecule has 1 heterocycles. The van der Waals surface area contributed by atoms with Gasteiger partial charge in [0.05, 0.1) is 0 Å². The molecular formula is C15H19NO5. The van der Waals surface area contributed by atoms with Crippen molar-refractivity contribution < 1.29 is 24.2 Å². The van der Waals surface area contributed by atoms with E-state index >= 15 is 0 Å². The molecule has 6 nitrogen and oxygen atoms in total. The van der Waals surface area contributed by atoms with E-state index in [1.807, 2.05) is 18.2 Å². The first kappa shape index (κ1) is 15.2. The number of carbonyl (C=O) groups is 2. The molecule has 0 aliphatic carbocycles. The summed E-state index contributed by atoms with van der Waals surface area (Å²) in [5.41, 5.74) is 1.01. The van der Waals surface area contributed by atoms with Crippen LogP contribution >= 0.6 is 0 Å². The summed E-state index contributed by atoms with van der Waals surface area (Å²) in [5.74, 6) is 0.438. The lowest BCUT2D eigenvalue weighted by Gasteiger charge is -2.10. The third-order valence-electron chi connectivity index (χ3n) is 3.25. The van der Waals surface area contributed by atoms with E-state index in [0.29, 0.717) is 25.1 Å². The monoisotopic (exact) mass is 293 g/mol. The molecule has 0 saturated carbocycles. The van der Waals surface area contributed by atoms with Crippen molar-refractivity contribution in [1.29, 1.82) is 0 Å². The number of amides is 1. The Morgan fingerprint density at radius 2 is 2.10 bits per heavy atom. The lowest BCUT2D eigenvalue weighted by Crippen LogP contribution is -2.29. The number of rotatable bonds is 7. The van der Waals surface area contributed by atoms with Crippen molar-refractivity contribution in [2.45, 2.75) is 26.2 Å². The topological polar surface area (TPSA) is 84.9 Å². The minimum atomic E-state index is -0.850. The summed E-state index contributed by atoms with van der Waals surface area (Å²) in [5, 5.41) is 11.4. The lowest BCUT2D eigenvalue weighted by atomic mass is 10.1. The summed E-state index contributed by atoms with van der Waals surface area (Å²) in [6, 6.07) is 5.63. The Morgan fingerprint density at radius 1 is 1.33 bits per heavy atom. The number of carboxylic acids is 1. The number of fused-ring (bicyclic) bond motifs is 1. The van der Waals surface area contributed by atoms with E-state index in [-0.39, 0.29) is 25.0 Å². The molecule has 0 saturated heterocycles. The average Bonchev–Trinajstić information content (AvgIpc) is 2.89. The van der Waals surface area contributed by atoms with Gasteiger partial charge in [-0.2, -0.15) is 0 Å². The third-order valence-corrected chi connectivity index (χ3v) is 3.25. The summed E-state index contributed by atoms with van der Waals surface area (Å²) in [7, 11) is 0. The van der Waals surface area contributed by atoms with E-state index in [0.717, 1.165) is 11.3 Å². The van der Waals surface area contributed by atoms with Gasteiger partial charge in [-0.1, -0.05) is 13.0 Å². The highest BCUT2D eigenvalue weighted by Crippen LogP contribution is 2.32. The second kappa shape index (κ2) is 6.97. The van der Waals surface area contributed by atoms with Crippen molar-refractivity contribution in [3.8, 4) is 11.5 Å². The minimum Gasteiger partial charge on any atom is -0.481 e. The van der Waals surface area contributed by atoms with Crippen LogP contribution in [0.25, 0.3) is 0 Å². The Bertz CT molecular complexity index is 529. The van der Waals surface area contributed by atoms with Crippen LogP contribution in [0.4, 0.5) is 0 Å². The molecule has 1 aromatic rings. The molecule has 114 valence electrons. The van der Waals surface area contributed by atoms with Crippen LogP contribution in [0.2, 0.25) is 0 Å². The SMILES string of the molecule is CC(CNC(=O)CCc1ccc2c(c1)OCO2)CC(=O)O. The molecular weight excluding hydrogens is 274 g/mol. The maximum Gasteiger partial charge on any atom is 0.303 e. The first-order valence-electron chi connectivity index (χ1n) is 6.91. The van der Waals surface area contributed by atoms with Crippen LogP contribution in [0.5, 0.6) is 11.5 Å². The van der Waals surface area contributed by atoms with E-state index in [1.54, 1.807) is 6.92 Å². The molecule has 1 amide bonds. The quantitative estimate of drug-likeness (QED) is 0.797. The van der Waals surface area contributed by atoms with E-state index in [4.69, 9.17) is 14.6 Å². The molecule has 1 aliphatic rings. The molecule has 6 heteroatoms. The molecule has 0 aromatic heterocycles. The molecule has 2 rings (SSSR count). The molecule has 1 aliphatic heterocycles. The number of hydrogen-bond donors (Lipinski definition) is 2. The Balaban J connectivity index is 1.72.